The smallest absolute Gasteiger partial charge is 0.0600 e. The molecule has 0 saturated carbocycles. The van der Waals surface area contributed by atoms with Crippen molar-refractivity contribution in [2.75, 3.05) is 6.54 Å². The highest BCUT2D eigenvalue weighted by atomic mass is 35.5. The molecule has 5 unspecified atom stereocenters. The molecule has 1 saturated heterocycles. The Morgan fingerprint density at radius 1 is 1.14 bits per heavy atom. The molecule has 0 bridgehead atoms. The Kier molecular flexibility index (Phi) is 5.34. The van der Waals surface area contributed by atoms with Gasteiger partial charge in [0.15, 0.2) is 0 Å². The van der Waals surface area contributed by atoms with Crippen LogP contribution in [0.2, 0.25) is 5.02 Å². The lowest BCUT2D eigenvalue weighted by Crippen LogP contribution is -2.35. The van der Waals surface area contributed by atoms with Crippen LogP contribution in [-0.2, 0) is 4.74 Å². The second-order valence-corrected chi connectivity index (χ2v) is 6.88. The van der Waals surface area contributed by atoms with Gasteiger partial charge in [0.1, 0.15) is 0 Å². The van der Waals surface area contributed by atoms with Crippen LogP contribution < -0.4 is 5.32 Å². The van der Waals surface area contributed by atoms with E-state index in [1.165, 1.54) is 11.1 Å². The van der Waals surface area contributed by atoms with E-state index >= 15 is 0 Å². The van der Waals surface area contributed by atoms with Crippen LogP contribution >= 0.6 is 11.6 Å². The van der Waals surface area contributed by atoms with Gasteiger partial charge >= 0.3 is 0 Å². The normalized spacial score (nSPS) is 30.6. The fourth-order valence-electron chi connectivity index (χ4n) is 3.68. The Morgan fingerprint density at radius 2 is 1.81 bits per heavy atom. The molecule has 3 heteroatoms. The van der Waals surface area contributed by atoms with Crippen LogP contribution in [0, 0.1) is 25.7 Å². The highest BCUT2D eigenvalue weighted by molar-refractivity contribution is 6.31. The summed E-state index contributed by atoms with van der Waals surface area (Å²) in [5.41, 5.74) is 3.77. The summed E-state index contributed by atoms with van der Waals surface area (Å²) in [6.45, 7) is 14.0. The number of hydrogen-bond acceptors (Lipinski definition) is 2. The Hall–Kier alpha value is -0.570. The molecule has 1 aliphatic rings. The van der Waals surface area contributed by atoms with Gasteiger partial charge < -0.3 is 10.1 Å². The molecule has 118 valence electrons. The van der Waals surface area contributed by atoms with Crippen molar-refractivity contribution in [1.29, 1.82) is 0 Å². The van der Waals surface area contributed by atoms with E-state index < -0.39 is 0 Å². The van der Waals surface area contributed by atoms with Gasteiger partial charge in [-0.1, -0.05) is 31.5 Å². The summed E-state index contributed by atoms with van der Waals surface area (Å²) in [5, 5.41) is 4.54. The maximum atomic E-state index is 6.26. The summed E-state index contributed by atoms with van der Waals surface area (Å²) < 4.78 is 6.06. The van der Waals surface area contributed by atoms with Crippen molar-refractivity contribution in [2.24, 2.45) is 11.8 Å². The van der Waals surface area contributed by atoms with Crippen molar-refractivity contribution >= 4 is 11.6 Å². The number of nitrogens with one attached hydrogen (secondary N) is 1. The first-order chi connectivity index (χ1) is 9.86. The van der Waals surface area contributed by atoms with Crippen LogP contribution in [0.25, 0.3) is 0 Å². The Balaban J connectivity index is 2.42. The molecule has 1 heterocycles. The Bertz CT molecular complexity index is 502. The SMILES string of the molecule is CCNC(c1cc(C)c(Cl)cc1C)C1C(C)OC(C)C1C. The second-order valence-electron chi connectivity index (χ2n) is 6.48. The molecule has 1 aromatic rings. The maximum absolute atomic E-state index is 6.26. The van der Waals surface area contributed by atoms with E-state index in [1.54, 1.807) is 0 Å². The van der Waals surface area contributed by atoms with Crippen molar-refractivity contribution < 1.29 is 4.74 Å². The first kappa shape index (κ1) is 16.8. The molecule has 0 aliphatic carbocycles. The molecule has 5 atom stereocenters. The minimum Gasteiger partial charge on any atom is -0.375 e. The van der Waals surface area contributed by atoms with Gasteiger partial charge in [-0.15, -0.1) is 0 Å². The monoisotopic (exact) mass is 309 g/mol. The van der Waals surface area contributed by atoms with Gasteiger partial charge in [-0.25, -0.2) is 0 Å². The molecule has 1 N–H and O–H groups in total. The predicted octanol–water partition coefficient (Wildman–Crippen LogP) is 4.67. The van der Waals surface area contributed by atoms with Crippen molar-refractivity contribution in [3.8, 4) is 0 Å². The molecule has 21 heavy (non-hydrogen) atoms. The summed E-state index contributed by atoms with van der Waals surface area (Å²) >= 11 is 6.26. The number of hydrogen-bond donors (Lipinski definition) is 1. The molecule has 0 radical (unpaired) electrons. The van der Waals surface area contributed by atoms with Crippen molar-refractivity contribution in [3.05, 3.63) is 33.8 Å². The van der Waals surface area contributed by atoms with Gasteiger partial charge in [0.05, 0.1) is 12.2 Å². The van der Waals surface area contributed by atoms with E-state index in [9.17, 15) is 0 Å². The zero-order chi connectivity index (χ0) is 15.7. The summed E-state index contributed by atoms with van der Waals surface area (Å²) in [6, 6.07) is 4.65. The molecule has 2 nitrogen and oxygen atoms in total. The first-order valence-corrected chi connectivity index (χ1v) is 8.40. The van der Waals surface area contributed by atoms with Gasteiger partial charge in [-0.2, -0.15) is 0 Å². The van der Waals surface area contributed by atoms with Crippen LogP contribution in [0.5, 0.6) is 0 Å². The fourth-order valence-corrected chi connectivity index (χ4v) is 3.90. The first-order valence-electron chi connectivity index (χ1n) is 8.02. The van der Waals surface area contributed by atoms with Crippen LogP contribution in [0.3, 0.4) is 0 Å². The van der Waals surface area contributed by atoms with E-state index in [0.717, 1.165) is 17.1 Å². The number of aryl methyl sites for hydroxylation is 2. The van der Waals surface area contributed by atoms with E-state index in [2.05, 4.69) is 59.0 Å². The zero-order valence-corrected chi connectivity index (χ0v) is 14.8. The lowest BCUT2D eigenvalue weighted by molar-refractivity contribution is 0.0475. The number of benzene rings is 1. The molecule has 1 aromatic carbocycles. The third-order valence-corrected chi connectivity index (χ3v) is 5.42. The lowest BCUT2D eigenvalue weighted by Gasteiger charge is -2.31. The predicted molar refractivity (Wildman–Crippen MR) is 90.0 cm³/mol. The van der Waals surface area contributed by atoms with Crippen LogP contribution in [-0.4, -0.2) is 18.8 Å². The molecule has 1 fully saturated rings. The quantitative estimate of drug-likeness (QED) is 0.873. The standard InChI is InChI=1S/C18H28ClNO/c1-7-20-18(17-12(4)13(5)21-14(17)6)15-8-11(3)16(19)9-10(15)2/h8-9,12-14,17-18,20H,7H2,1-6H3. The average molecular weight is 310 g/mol. The second kappa shape index (κ2) is 6.68. The van der Waals surface area contributed by atoms with Gasteiger partial charge in [0.25, 0.3) is 0 Å². The number of halogens is 1. The number of rotatable bonds is 4. The molecule has 2 rings (SSSR count). The highest BCUT2D eigenvalue weighted by Crippen LogP contribution is 2.42. The third-order valence-electron chi connectivity index (χ3n) is 5.01. The fraction of sp³-hybridized carbons (Fsp3) is 0.667. The molecule has 1 aliphatic heterocycles. The van der Waals surface area contributed by atoms with Crippen molar-refractivity contribution in [3.63, 3.8) is 0 Å². The summed E-state index contributed by atoms with van der Waals surface area (Å²) in [7, 11) is 0. The van der Waals surface area contributed by atoms with E-state index in [0.29, 0.717) is 24.0 Å². The van der Waals surface area contributed by atoms with Gasteiger partial charge in [-0.05, 0) is 62.9 Å². The van der Waals surface area contributed by atoms with Crippen molar-refractivity contribution in [1.82, 2.24) is 5.32 Å². The van der Waals surface area contributed by atoms with Crippen LogP contribution in [0.4, 0.5) is 0 Å². The maximum Gasteiger partial charge on any atom is 0.0600 e. The van der Waals surface area contributed by atoms with E-state index in [1.807, 2.05) is 0 Å². The zero-order valence-electron chi connectivity index (χ0n) is 14.0. The van der Waals surface area contributed by atoms with Crippen molar-refractivity contribution in [2.45, 2.75) is 59.8 Å². The van der Waals surface area contributed by atoms with Gasteiger partial charge in [0.2, 0.25) is 0 Å². The summed E-state index contributed by atoms with van der Waals surface area (Å²) in [6.07, 6.45) is 0.592. The van der Waals surface area contributed by atoms with Gasteiger partial charge in [-0.3, -0.25) is 0 Å². The Labute approximate surface area is 134 Å². The number of ether oxygens (including phenoxy) is 1. The highest BCUT2D eigenvalue weighted by Gasteiger charge is 2.42. The third kappa shape index (κ3) is 3.28. The molecule has 0 aromatic heterocycles. The Morgan fingerprint density at radius 3 is 2.33 bits per heavy atom. The molecular formula is C18H28ClNO. The minimum atomic E-state index is 0.273. The largest absolute Gasteiger partial charge is 0.375 e. The van der Waals surface area contributed by atoms with E-state index in [-0.39, 0.29) is 6.10 Å². The minimum absolute atomic E-state index is 0.273. The molecule has 0 amide bonds. The topological polar surface area (TPSA) is 21.3 Å². The van der Waals surface area contributed by atoms with Gasteiger partial charge in [0, 0.05) is 17.0 Å². The van der Waals surface area contributed by atoms with Crippen LogP contribution in [0.1, 0.15) is 50.4 Å². The van der Waals surface area contributed by atoms with E-state index in [4.69, 9.17) is 16.3 Å². The average Bonchev–Trinajstić information content (AvgIpc) is 2.66. The molecule has 0 spiro atoms. The molecular weight excluding hydrogens is 282 g/mol. The summed E-state index contributed by atoms with van der Waals surface area (Å²) in [4.78, 5) is 0. The summed E-state index contributed by atoms with van der Waals surface area (Å²) in [5.74, 6) is 1.03. The van der Waals surface area contributed by atoms with Crippen LogP contribution in [0.15, 0.2) is 12.1 Å². The lowest BCUT2D eigenvalue weighted by atomic mass is 9.79.